The lowest BCUT2D eigenvalue weighted by Crippen LogP contribution is -2.50. The molecule has 0 aromatic heterocycles. The zero-order chi connectivity index (χ0) is 18.3. The molecule has 0 saturated carbocycles. The van der Waals surface area contributed by atoms with Crippen LogP contribution in [-0.2, 0) is 14.3 Å². The zero-order valence-corrected chi connectivity index (χ0v) is 15.9. The second kappa shape index (κ2) is 8.90. The van der Waals surface area contributed by atoms with Gasteiger partial charge in [0.15, 0.2) is 13.2 Å². The van der Waals surface area contributed by atoms with Crippen LogP contribution in [0.2, 0.25) is 5.02 Å². The Balaban J connectivity index is 2.44. The Labute approximate surface area is 154 Å². The maximum atomic E-state index is 11.8. The van der Waals surface area contributed by atoms with Crippen LogP contribution in [0.5, 0.6) is 5.75 Å². The molecule has 0 aliphatic rings. The number of nitrogens with one attached hydrogen (secondary N) is 1. The van der Waals surface area contributed by atoms with Crippen LogP contribution in [0, 0.1) is 17.2 Å². The van der Waals surface area contributed by atoms with Crippen molar-refractivity contribution in [3.05, 3.63) is 27.7 Å². The molecule has 1 aromatic rings. The Kier molecular flexibility index (Phi) is 7.52. The summed E-state index contributed by atoms with van der Waals surface area (Å²) in [4.78, 5) is 23.4. The van der Waals surface area contributed by atoms with E-state index in [9.17, 15) is 9.59 Å². The van der Waals surface area contributed by atoms with Crippen molar-refractivity contribution in [2.75, 3.05) is 13.2 Å². The van der Waals surface area contributed by atoms with Crippen LogP contribution in [0.25, 0.3) is 0 Å². The molecule has 6 nitrogen and oxygen atoms in total. The van der Waals surface area contributed by atoms with E-state index in [1.54, 1.807) is 25.1 Å². The average molecular weight is 418 g/mol. The summed E-state index contributed by atoms with van der Waals surface area (Å²) in [6.07, 6.45) is 0. The summed E-state index contributed by atoms with van der Waals surface area (Å²) < 4.78 is 10.8. The highest BCUT2D eigenvalue weighted by atomic mass is 79.9. The number of hydrogen-bond donors (Lipinski definition) is 1. The monoisotopic (exact) mass is 416 g/mol. The molecule has 1 rings (SSSR count). The number of hydrogen-bond acceptors (Lipinski definition) is 5. The van der Waals surface area contributed by atoms with Gasteiger partial charge in [-0.05, 0) is 31.0 Å². The molecule has 1 aromatic carbocycles. The van der Waals surface area contributed by atoms with Crippen molar-refractivity contribution < 1.29 is 19.1 Å². The Morgan fingerprint density at radius 1 is 1.42 bits per heavy atom. The van der Waals surface area contributed by atoms with E-state index in [2.05, 4.69) is 21.2 Å². The van der Waals surface area contributed by atoms with Gasteiger partial charge >= 0.3 is 5.97 Å². The highest BCUT2D eigenvalue weighted by Crippen LogP contribution is 2.27. The first-order chi connectivity index (χ1) is 11.2. The smallest absolute Gasteiger partial charge is 0.344 e. The molecule has 0 aliphatic heterocycles. The molecule has 1 N–H and O–H groups in total. The SMILES string of the molecule is CC(C)[C@](C)(C#N)NC(=O)COC(=O)COc1ccc(Br)cc1Cl. The zero-order valence-electron chi connectivity index (χ0n) is 13.6. The number of amides is 1. The van der Waals surface area contributed by atoms with E-state index in [0.717, 1.165) is 4.47 Å². The molecule has 24 heavy (non-hydrogen) atoms. The third kappa shape index (κ3) is 6.02. The van der Waals surface area contributed by atoms with Crippen molar-refractivity contribution in [1.29, 1.82) is 5.26 Å². The number of carbonyl (C=O) groups is 2. The maximum Gasteiger partial charge on any atom is 0.344 e. The van der Waals surface area contributed by atoms with E-state index in [-0.39, 0.29) is 12.5 Å². The number of esters is 1. The van der Waals surface area contributed by atoms with E-state index in [1.165, 1.54) is 0 Å². The summed E-state index contributed by atoms with van der Waals surface area (Å²) in [5, 5.41) is 12.0. The highest BCUT2D eigenvalue weighted by Gasteiger charge is 2.30. The minimum Gasteiger partial charge on any atom is -0.480 e. The molecule has 0 radical (unpaired) electrons. The third-order valence-corrected chi connectivity index (χ3v) is 4.18. The summed E-state index contributed by atoms with van der Waals surface area (Å²) in [6.45, 7) is 4.36. The predicted molar refractivity (Wildman–Crippen MR) is 92.6 cm³/mol. The second-order valence-corrected chi connectivity index (χ2v) is 6.86. The maximum absolute atomic E-state index is 11.8. The minimum absolute atomic E-state index is 0.0926. The lowest BCUT2D eigenvalue weighted by molar-refractivity contribution is -0.150. The van der Waals surface area contributed by atoms with Crippen molar-refractivity contribution in [2.24, 2.45) is 5.92 Å². The van der Waals surface area contributed by atoms with Crippen LogP contribution in [0.4, 0.5) is 0 Å². The molecular weight excluding hydrogens is 400 g/mol. The predicted octanol–water partition coefficient (Wildman–Crippen LogP) is 3.08. The van der Waals surface area contributed by atoms with Crippen LogP contribution in [0.3, 0.4) is 0 Å². The summed E-state index contributed by atoms with van der Waals surface area (Å²) >= 11 is 9.21. The molecule has 1 atom stereocenters. The number of halogens is 2. The van der Waals surface area contributed by atoms with Crippen molar-refractivity contribution in [3.8, 4) is 11.8 Å². The summed E-state index contributed by atoms with van der Waals surface area (Å²) in [7, 11) is 0. The number of ether oxygens (including phenoxy) is 2. The quantitative estimate of drug-likeness (QED) is 0.689. The molecule has 0 spiro atoms. The molecule has 8 heteroatoms. The van der Waals surface area contributed by atoms with Crippen molar-refractivity contribution in [1.82, 2.24) is 5.32 Å². The first-order valence-electron chi connectivity index (χ1n) is 7.13. The van der Waals surface area contributed by atoms with E-state index in [1.807, 2.05) is 19.9 Å². The van der Waals surface area contributed by atoms with Crippen molar-refractivity contribution >= 4 is 39.4 Å². The van der Waals surface area contributed by atoms with Gasteiger partial charge in [-0.3, -0.25) is 4.79 Å². The topological polar surface area (TPSA) is 88.4 Å². The molecule has 0 unspecified atom stereocenters. The Bertz CT molecular complexity index is 660. The number of rotatable bonds is 7. The Morgan fingerprint density at radius 2 is 2.08 bits per heavy atom. The van der Waals surface area contributed by atoms with Gasteiger partial charge < -0.3 is 14.8 Å². The molecule has 0 saturated heterocycles. The number of carbonyl (C=O) groups excluding carboxylic acids is 2. The third-order valence-electron chi connectivity index (χ3n) is 3.39. The van der Waals surface area contributed by atoms with E-state index >= 15 is 0 Å². The van der Waals surface area contributed by atoms with Crippen LogP contribution in [-0.4, -0.2) is 30.6 Å². The fraction of sp³-hybridized carbons (Fsp3) is 0.438. The van der Waals surface area contributed by atoms with Crippen molar-refractivity contribution in [2.45, 2.75) is 26.3 Å². The van der Waals surface area contributed by atoms with Crippen molar-refractivity contribution in [3.63, 3.8) is 0 Å². The average Bonchev–Trinajstić information content (AvgIpc) is 2.51. The summed E-state index contributed by atoms with van der Waals surface area (Å²) in [5.41, 5.74) is -1.02. The lowest BCUT2D eigenvalue weighted by atomic mass is 9.90. The van der Waals surface area contributed by atoms with E-state index in [0.29, 0.717) is 10.8 Å². The summed E-state index contributed by atoms with van der Waals surface area (Å²) in [5.74, 6) is -1.03. The first kappa shape index (κ1) is 20.3. The number of nitrogens with zero attached hydrogens (tertiary/aromatic N) is 1. The van der Waals surface area contributed by atoms with Gasteiger partial charge in [-0.2, -0.15) is 5.26 Å². The van der Waals surface area contributed by atoms with Crippen LogP contribution < -0.4 is 10.1 Å². The molecule has 0 heterocycles. The van der Waals surface area contributed by atoms with Gasteiger partial charge in [-0.25, -0.2) is 4.79 Å². The molecule has 0 fully saturated rings. The van der Waals surface area contributed by atoms with Gasteiger partial charge in [0.05, 0.1) is 11.1 Å². The molecule has 0 bridgehead atoms. The molecular formula is C16H18BrClN2O4. The fourth-order valence-corrected chi connectivity index (χ4v) is 2.27. The number of nitriles is 1. The largest absolute Gasteiger partial charge is 0.480 e. The lowest BCUT2D eigenvalue weighted by Gasteiger charge is -2.27. The molecule has 130 valence electrons. The van der Waals surface area contributed by atoms with Gasteiger partial charge in [0.1, 0.15) is 11.3 Å². The van der Waals surface area contributed by atoms with E-state index in [4.69, 9.17) is 26.3 Å². The van der Waals surface area contributed by atoms with Gasteiger partial charge in [0, 0.05) is 4.47 Å². The standard InChI is InChI=1S/C16H18BrClN2O4/c1-10(2)16(3,9-19)20-14(21)7-24-15(22)8-23-13-5-4-11(17)6-12(13)18/h4-6,10H,7-8H2,1-3H3,(H,20,21)/t16-/m0/s1. The van der Waals surface area contributed by atoms with Gasteiger partial charge in [0.2, 0.25) is 0 Å². The normalized spacial score (nSPS) is 12.9. The van der Waals surface area contributed by atoms with E-state index < -0.39 is 24.0 Å². The van der Waals surface area contributed by atoms with Gasteiger partial charge in [0.25, 0.3) is 5.91 Å². The van der Waals surface area contributed by atoms with Crippen LogP contribution in [0.1, 0.15) is 20.8 Å². The highest BCUT2D eigenvalue weighted by molar-refractivity contribution is 9.10. The molecule has 1 amide bonds. The van der Waals surface area contributed by atoms with Crippen LogP contribution in [0.15, 0.2) is 22.7 Å². The van der Waals surface area contributed by atoms with Gasteiger partial charge in [-0.15, -0.1) is 0 Å². The first-order valence-corrected chi connectivity index (χ1v) is 8.30. The number of benzene rings is 1. The second-order valence-electron chi connectivity index (χ2n) is 5.54. The fourth-order valence-electron chi connectivity index (χ4n) is 1.54. The van der Waals surface area contributed by atoms with Gasteiger partial charge in [-0.1, -0.05) is 41.4 Å². The molecule has 0 aliphatic carbocycles. The van der Waals surface area contributed by atoms with Crippen LogP contribution >= 0.6 is 27.5 Å². The minimum atomic E-state index is -1.02. The Hall–Kier alpha value is -1.78. The Morgan fingerprint density at radius 3 is 2.62 bits per heavy atom. The summed E-state index contributed by atoms with van der Waals surface area (Å²) in [6, 6.07) is 6.99.